The van der Waals surface area contributed by atoms with E-state index in [9.17, 15) is 5.11 Å². The van der Waals surface area contributed by atoms with Crippen LogP contribution in [-0.2, 0) is 6.42 Å². The summed E-state index contributed by atoms with van der Waals surface area (Å²) in [7, 11) is 0. The van der Waals surface area contributed by atoms with Crippen LogP contribution in [0.1, 0.15) is 25.5 Å². The molecule has 142 valence electrons. The minimum absolute atomic E-state index is 0.237. The molecule has 1 aromatic carbocycles. The summed E-state index contributed by atoms with van der Waals surface area (Å²) < 4.78 is 2.04. The van der Waals surface area contributed by atoms with Crippen LogP contribution in [0.4, 0.5) is 5.82 Å². The predicted molar refractivity (Wildman–Crippen MR) is 109 cm³/mol. The summed E-state index contributed by atoms with van der Waals surface area (Å²) in [6.45, 7) is 4.89. The summed E-state index contributed by atoms with van der Waals surface area (Å²) in [6.07, 6.45) is 4.34. The average molecular weight is 374 g/mol. The number of nitrogens with one attached hydrogen (secondary N) is 1. The van der Waals surface area contributed by atoms with Crippen LogP contribution in [0, 0.1) is 0 Å². The number of phenolic OH excluding ortho intramolecular Hbond substituents is 1. The number of phenols is 1. The smallest absolute Gasteiger partial charge is 0.182 e. The van der Waals surface area contributed by atoms with Crippen LogP contribution in [-0.4, -0.2) is 36.2 Å². The Morgan fingerprint density at radius 2 is 1.86 bits per heavy atom. The van der Waals surface area contributed by atoms with Crippen molar-refractivity contribution in [1.82, 2.24) is 24.5 Å². The van der Waals surface area contributed by atoms with Crippen molar-refractivity contribution in [2.45, 2.75) is 26.3 Å². The van der Waals surface area contributed by atoms with E-state index in [0.717, 1.165) is 28.8 Å². The van der Waals surface area contributed by atoms with Gasteiger partial charge in [-0.1, -0.05) is 18.2 Å². The third-order valence-corrected chi connectivity index (χ3v) is 4.51. The Kier molecular flexibility index (Phi) is 4.89. The summed E-state index contributed by atoms with van der Waals surface area (Å²) in [5.74, 6) is 1.54. The van der Waals surface area contributed by atoms with Gasteiger partial charge in [-0.05, 0) is 50.1 Å². The van der Waals surface area contributed by atoms with Gasteiger partial charge in [0.2, 0.25) is 0 Å². The predicted octanol–water partition coefficient (Wildman–Crippen LogP) is 3.83. The Balaban J connectivity index is 1.66. The molecule has 4 aromatic rings. The number of aromatic nitrogens is 5. The van der Waals surface area contributed by atoms with Gasteiger partial charge >= 0.3 is 0 Å². The summed E-state index contributed by atoms with van der Waals surface area (Å²) in [5, 5.41) is 12.8. The van der Waals surface area contributed by atoms with Gasteiger partial charge in [-0.2, -0.15) is 0 Å². The lowest BCUT2D eigenvalue weighted by molar-refractivity contribution is 0.475. The maximum atomic E-state index is 9.42. The molecule has 7 heteroatoms. The minimum atomic E-state index is 0.237. The topological polar surface area (TPSA) is 88.8 Å². The number of rotatable bonds is 6. The summed E-state index contributed by atoms with van der Waals surface area (Å²) in [6, 6.07) is 13.2. The SMILES string of the molecule is CC(C)n1cnc2c(NCCc3ccc(O)cc3)nc(-c3ccccn3)nc21. The maximum absolute atomic E-state index is 9.42. The van der Waals surface area contributed by atoms with E-state index in [4.69, 9.17) is 4.98 Å². The molecule has 0 bridgehead atoms. The van der Waals surface area contributed by atoms with Gasteiger partial charge in [0, 0.05) is 18.8 Å². The quantitative estimate of drug-likeness (QED) is 0.533. The zero-order valence-electron chi connectivity index (χ0n) is 15.9. The van der Waals surface area contributed by atoms with Gasteiger partial charge in [-0.3, -0.25) is 4.98 Å². The lowest BCUT2D eigenvalue weighted by Crippen LogP contribution is -2.09. The Morgan fingerprint density at radius 1 is 1.04 bits per heavy atom. The molecule has 7 nitrogen and oxygen atoms in total. The van der Waals surface area contributed by atoms with Crippen LogP contribution >= 0.6 is 0 Å². The maximum Gasteiger partial charge on any atom is 0.182 e. The Hall–Kier alpha value is -3.48. The molecule has 0 unspecified atom stereocenters. The highest BCUT2D eigenvalue weighted by Gasteiger charge is 2.16. The normalized spacial score (nSPS) is 11.2. The second-order valence-electron chi connectivity index (χ2n) is 6.87. The molecule has 0 radical (unpaired) electrons. The molecule has 0 atom stereocenters. The fourth-order valence-electron chi connectivity index (χ4n) is 3.02. The molecular formula is C21H22N6O. The molecule has 28 heavy (non-hydrogen) atoms. The molecule has 0 aliphatic carbocycles. The molecule has 2 N–H and O–H groups in total. The van der Waals surface area contributed by atoms with Crippen LogP contribution in [0.2, 0.25) is 0 Å². The van der Waals surface area contributed by atoms with E-state index < -0.39 is 0 Å². The molecule has 0 saturated carbocycles. The van der Waals surface area contributed by atoms with E-state index in [1.807, 2.05) is 34.9 Å². The van der Waals surface area contributed by atoms with E-state index >= 15 is 0 Å². The van der Waals surface area contributed by atoms with Crippen LogP contribution in [0.5, 0.6) is 5.75 Å². The number of fused-ring (bicyclic) bond motifs is 1. The first-order chi connectivity index (χ1) is 13.6. The van der Waals surface area contributed by atoms with Gasteiger partial charge in [-0.15, -0.1) is 0 Å². The number of nitrogens with zero attached hydrogens (tertiary/aromatic N) is 5. The van der Waals surface area contributed by atoms with Crippen molar-refractivity contribution < 1.29 is 5.11 Å². The second kappa shape index (κ2) is 7.64. The zero-order valence-corrected chi connectivity index (χ0v) is 15.9. The summed E-state index contributed by atoms with van der Waals surface area (Å²) in [4.78, 5) is 18.3. The highest BCUT2D eigenvalue weighted by Crippen LogP contribution is 2.25. The Labute approximate surface area is 163 Å². The molecule has 0 aliphatic heterocycles. The molecular weight excluding hydrogens is 352 g/mol. The highest BCUT2D eigenvalue weighted by molar-refractivity contribution is 5.85. The number of hydrogen-bond acceptors (Lipinski definition) is 6. The van der Waals surface area contributed by atoms with Crippen molar-refractivity contribution >= 4 is 17.0 Å². The Bertz CT molecular complexity index is 1070. The van der Waals surface area contributed by atoms with Crippen LogP contribution in [0.25, 0.3) is 22.7 Å². The standard InChI is InChI=1S/C21H22N6O/c1-14(2)27-13-24-18-20(23-12-10-15-6-8-16(28)9-7-15)25-19(26-21(18)27)17-5-3-4-11-22-17/h3-9,11,13-14,28H,10,12H2,1-2H3,(H,23,25,26). The first-order valence-electron chi connectivity index (χ1n) is 9.29. The van der Waals surface area contributed by atoms with Gasteiger partial charge < -0.3 is 15.0 Å². The molecule has 0 saturated heterocycles. The summed E-state index contributed by atoms with van der Waals surface area (Å²) >= 11 is 0. The molecule has 3 aromatic heterocycles. The van der Waals surface area contributed by atoms with Gasteiger partial charge in [0.15, 0.2) is 17.3 Å². The van der Waals surface area contributed by atoms with Crippen molar-refractivity contribution in [3.63, 3.8) is 0 Å². The van der Waals surface area contributed by atoms with E-state index in [1.54, 1.807) is 24.7 Å². The van der Waals surface area contributed by atoms with Crippen molar-refractivity contribution in [3.8, 4) is 17.3 Å². The second-order valence-corrected chi connectivity index (χ2v) is 6.87. The van der Waals surface area contributed by atoms with E-state index in [2.05, 4.69) is 34.1 Å². The van der Waals surface area contributed by atoms with Crippen molar-refractivity contribution in [2.75, 3.05) is 11.9 Å². The van der Waals surface area contributed by atoms with Gasteiger partial charge in [0.05, 0.1) is 6.33 Å². The number of aromatic hydroxyl groups is 1. The number of imidazole rings is 1. The molecule has 0 aliphatic rings. The monoisotopic (exact) mass is 374 g/mol. The first-order valence-corrected chi connectivity index (χ1v) is 9.29. The van der Waals surface area contributed by atoms with Gasteiger partial charge in [0.1, 0.15) is 17.0 Å². The average Bonchev–Trinajstić information content (AvgIpc) is 3.14. The molecule has 0 amide bonds. The minimum Gasteiger partial charge on any atom is -0.508 e. The lowest BCUT2D eigenvalue weighted by Gasteiger charge is -2.11. The molecule has 4 rings (SSSR count). The van der Waals surface area contributed by atoms with Crippen molar-refractivity contribution in [1.29, 1.82) is 0 Å². The van der Waals surface area contributed by atoms with E-state index in [-0.39, 0.29) is 11.8 Å². The third kappa shape index (κ3) is 3.64. The van der Waals surface area contributed by atoms with Crippen molar-refractivity contribution in [2.24, 2.45) is 0 Å². The number of anilines is 1. The third-order valence-electron chi connectivity index (χ3n) is 4.51. The largest absolute Gasteiger partial charge is 0.508 e. The van der Waals surface area contributed by atoms with E-state index in [1.165, 1.54) is 0 Å². The van der Waals surface area contributed by atoms with Crippen LogP contribution < -0.4 is 5.32 Å². The lowest BCUT2D eigenvalue weighted by atomic mass is 10.1. The van der Waals surface area contributed by atoms with Gasteiger partial charge in [-0.25, -0.2) is 15.0 Å². The number of pyridine rings is 1. The highest BCUT2D eigenvalue weighted by atomic mass is 16.3. The Morgan fingerprint density at radius 3 is 2.57 bits per heavy atom. The number of benzene rings is 1. The fraction of sp³-hybridized carbons (Fsp3) is 0.238. The van der Waals surface area contributed by atoms with Crippen LogP contribution in [0.15, 0.2) is 55.0 Å². The summed E-state index contributed by atoms with van der Waals surface area (Å²) in [5.41, 5.74) is 3.40. The van der Waals surface area contributed by atoms with Crippen LogP contribution in [0.3, 0.4) is 0 Å². The van der Waals surface area contributed by atoms with Crippen molar-refractivity contribution in [3.05, 3.63) is 60.6 Å². The first kappa shape index (κ1) is 17.9. The fourth-order valence-corrected chi connectivity index (χ4v) is 3.02. The number of hydrogen-bond donors (Lipinski definition) is 2. The zero-order chi connectivity index (χ0) is 19.5. The van der Waals surface area contributed by atoms with Gasteiger partial charge in [0.25, 0.3) is 0 Å². The van der Waals surface area contributed by atoms with E-state index in [0.29, 0.717) is 18.2 Å². The molecule has 0 fully saturated rings. The molecule has 3 heterocycles. The molecule has 0 spiro atoms.